The summed E-state index contributed by atoms with van der Waals surface area (Å²) in [4.78, 5) is 37.3. The SMILES string of the molecule is COc1ccc(C(=O)[C@H](Br)B2OC(=O)CN(C)CC(=O)O2)cc1. The third kappa shape index (κ3) is 4.55. The number of alkyl halides is 1. The smallest absolute Gasteiger partial charge is 0.497 e. The number of ether oxygens (including phenoxy) is 1. The summed E-state index contributed by atoms with van der Waals surface area (Å²) in [6, 6.07) is 6.43. The van der Waals surface area contributed by atoms with Gasteiger partial charge < -0.3 is 14.0 Å². The first-order chi connectivity index (χ1) is 10.9. The fourth-order valence-electron chi connectivity index (χ4n) is 2.01. The fraction of sp³-hybridized carbons (Fsp3) is 0.357. The van der Waals surface area contributed by atoms with E-state index in [9.17, 15) is 14.4 Å². The van der Waals surface area contributed by atoms with E-state index in [1.165, 1.54) is 12.0 Å². The quantitative estimate of drug-likeness (QED) is 0.430. The highest BCUT2D eigenvalue weighted by Crippen LogP contribution is 2.19. The Kier molecular flexibility index (Phi) is 5.78. The van der Waals surface area contributed by atoms with Crippen LogP contribution >= 0.6 is 15.9 Å². The van der Waals surface area contributed by atoms with Crippen LogP contribution < -0.4 is 4.74 Å². The molecule has 1 saturated heterocycles. The maximum Gasteiger partial charge on any atom is 0.621 e. The molecule has 0 aromatic heterocycles. The van der Waals surface area contributed by atoms with Crippen molar-refractivity contribution >= 4 is 40.8 Å². The first-order valence-corrected chi connectivity index (χ1v) is 7.72. The van der Waals surface area contributed by atoms with E-state index in [4.69, 9.17) is 14.0 Å². The first kappa shape index (κ1) is 17.5. The molecule has 2 rings (SSSR count). The molecule has 9 heteroatoms. The monoisotopic (exact) mass is 383 g/mol. The van der Waals surface area contributed by atoms with Gasteiger partial charge in [0, 0.05) is 5.56 Å². The molecule has 1 fully saturated rings. The topological polar surface area (TPSA) is 82.1 Å². The van der Waals surface area contributed by atoms with Gasteiger partial charge in [-0.2, -0.15) is 0 Å². The lowest BCUT2D eigenvalue weighted by Gasteiger charge is -2.24. The van der Waals surface area contributed by atoms with E-state index in [1.807, 2.05) is 0 Å². The molecule has 0 N–H and O–H groups in total. The van der Waals surface area contributed by atoms with Crippen molar-refractivity contribution in [2.75, 3.05) is 27.2 Å². The number of hydrogen-bond donors (Lipinski definition) is 0. The molecule has 7 nitrogen and oxygen atoms in total. The van der Waals surface area contributed by atoms with Gasteiger partial charge in [0.05, 0.1) is 20.2 Å². The molecule has 1 atom stereocenters. The van der Waals surface area contributed by atoms with Crippen molar-refractivity contribution < 1.29 is 28.4 Å². The molecule has 23 heavy (non-hydrogen) atoms. The number of benzene rings is 1. The highest BCUT2D eigenvalue weighted by atomic mass is 79.9. The number of likely N-dealkylation sites (N-methyl/N-ethyl adjacent to an activating group) is 1. The van der Waals surface area contributed by atoms with E-state index < -0.39 is 23.8 Å². The summed E-state index contributed by atoms with van der Waals surface area (Å²) in [6.45, 7) is -0.107. The molecule has 1 aliphatic heterocycles. The molecule has 0 saturated carbocycles. The zero-order chi connectivity index (χ0) is 17.0. The van der Waals surface area contributed by atoms with Gasteiger partial charge in [0.15, 0.2) is 5.78 Å². The molecule has 1 aromatic rings. The van der Waals surface area contributed by atoms with Gasteiger partial charge in [-0.15, -0.1) is 0 Å². The van der Waals surface area contributed by atoms with Crippen molar-refractivity contribution in [3.63, 3.8) is 0 Å². The lowest BCUT2D eigenvalue weighted by Crippen LogP contribution is -2.48. The number of ketones is 1. The van der Waals surface area contributed by atoms with E-state index in [1.54, 1.807) is 31.3 Å². The molecular formula is C14H15BBrNO6. The van der Waals surface area contributed by atoms with Gasteiger partial charge in [0.25, 0.3) is 0 Å². The van der Waals surface area contributed by atoms with Crippen molar-refractivity contribution in [3.05, 3.63) is 29.8 Å². The highest BCUT2D eigenvalue weighted by Gasteiger charge is 2.42. The van der Waals surface area contributed by atoms with E-state index in [2.05, 4.69) is 15.9 Å². The van der Waals surface area contributed by atoms with Crippen LogP contribution in [-0.4, -0.2) is 61.7 Å². The number of hydrogen-bond acceptors (Lipinski definition) is 7. The van der Waals surface area contributed by atoms with Crippen LogP contribution in [0.3, 0.4) is 0 Å². The van der Waals surface area contributed by atoms with Gasteiger partial charge in [-0.25, -0.2) is 0 Å². The Labute approximate surface area is 142 Å². The molecule has 0 bridgehead atoms. The number of rotatable bonds is 4. The third-order valence-electron chi connectivity index (χ3n) is 3.16. The van der Waals surface area contributed by atoms with Gasteiger partial charge in [-0.05, 0) is 31.3 Å². The van der Waals surface area contributed by atoms with Crippen LogP contribution in [0, 0.1) is 0 Å². The number of methoxy groups -OCH3 is 1. The van der Waals surface area contributed by atoms with Gasteiger partial charge >= 0.3 is 19.1 Å². The average molecular weight is 384 g/mol. The molecule has 0 spiro atoms. The van der Waals surface area contributed by atoms with Crippen LogP contribution in [0.2, 0.25) is 0 Å². The van der Waals surface area contributed by atoms with Crippen molar-refractivity contribution in [2.24, 2.45) is 0 Å². The first-order valence-electron chi connectivity index (χ1n) is 6.80. The summed E-state index contributed by atoms with van der Waals surface area (Å²) in [7, 11) is 1.81. The third-order valence-corrected chi connectivity index (χ3v) is 4.00. The Balaban J connectivity index is 2.12. The minimum absolute atomic E-state index is 0.0535. The lowest BCUT2D eigenvalue weighted by atomic mass is 9.79. The zero-order valence-corrected chi connectivity index (χ0v) is 14.2. The fourth-order valence-corrected chi connectivity index (χ4v) is 2.49. The average Bonchev–Trinajstić information content (AvgIpc) is 2.51. The van der Waals surface area contributed by atoms with Crippen molar-refractivity contribution in [1.29, 1.82) is 0 Å². The highest BCUT2D eigenvalue weighted by molar-refractivity contribution is 9.10. The molecule has 0 unspecified atom stereocenters. The number of carbonyl (C=O) groups excluding carboxylic acids is 3. The summed E-state index contributed by atoms with van der Waals surface area (Å²) >= 11 is 3.16. The Bertz CT molecular complexity index is 588. The van der Waals surface area contributed by atoms with Crippen molar-refractivity contribution in [1.82, 2.24) is 4.90 Å². The zero-order valence-electron chi connectivity index (χ0n) is 12.7. The summed E-state index contributed by atoms with van der Waals surface area (Å²) in [5, 5.41) is 0. The van der Waals surface area contributed by atoms with Gasteiger partial charge in [-0.3, -0.25) is 19.3 Å². The standard InChI is InChI=1S/C14H15BBrNO6/c1-17-7-11(18)22-15(23-12(19)8-17)14(16)13(20)9-3-5-10(21-2)6-4-9/h3-6,14H,7-8H2,1-2H3/t14-/m0/s1. The Hall–Kier alpha value is -1.87. The van der Waals surface area contributed by atoms with Gasteiger partial charge in [0.1, 0.15) is 10.5 Å². The van der Waals surface area contributed by atoms with Crippen LogP contribution in [0.1, 0.15) is 10.4 Å². The Morgan fingerprint density at radius 3 is 2.22 bits per heavy atom. The maximum atomic E-state index is 12.4. The van der Waals surface area contributed by atoms with E-state index in [-0.39, 0.29) is 18.9 Å². The molecule has 122 valence electrons. The van der Waals surface area contributed by atoms with Crippen LogP contribution in [0.25, 0.3) is 0 Å². The van der Waals surface area contributed by atoms with E-state index in [0.717, 1.165) is 0 Å². The number of Topliss-reactive ketones (excluding diaryl/α,β-unsaturated/α-hetero) is 1. The minimum atomic E-state index is -1.31. The second-order valence-electron chi connectivity index (χ2n) is 5.01. The van der Waals surface area contributed by atoms with Crippen LogP contribution in [0.5, 0.6) is 5.75 Å². The molecule has 0 amide bonds. The Morgan fingerprint density at radius 2 is 1.74 bits per heavy atom. The molecule has 1 aliphatic rings. The van der Waals surface area contributed by atoms with Crippen LogP contribution in [0.4, 0.5) is 0 Å². The molecule has 1 aromatic carbocycles. The van der Waals surface area contributed by atoms with Crippen LogP contribution in [-0.2, 0) is 18.9 Å². The summed E-state index contributed by atoms with van der Waals surface area (Å²) in [5.41, 5.74) is 0.374. The number of carbonyl (C=O) groups is 3. The normalized spacial score (nSPS) is 17.6. The molecular weight excluding hydrogens is 369 g/mol. The Morgan fingerprint density at radius 1 is 1.22 bits per heavy atom. The second-order valence-corrected chi connectivity index (χ2v) is 6.00. The van der Waals surface area contributed by atoms with E-state index >= 15 is 0 Å². The molecule has 1 heterocycles. The van der Waals surface area contributed by atoms with Crippen LogP contribution in [0.15, 0.2) is 24.3 Å². The predicted molar refractivity (Wildman–Crippen MR) is 85.5 cm³/mol. The largest absolute Gasteiger partial charge is 0.621 e. The molecule has 0 aliphatic carbocycles. The molecule has 0 radical (unpaired) electrons. The summed E-state index contributed by atoms with van der Waals surface area (Å²) < 4.78 is 14.2. The predicted octanol–water partition coefficient (Wildman–Crippen LogP) is 0.701. The van der Waals surface area contributed by atoms with E-state index in [0.29, 0.717) is 11.3 Å². The summed E-state index contributed by atoms with van der Waals surface area (Å²) in [5.74, 6) is -0.902. The number of halogens is 1. The second kappa shape index (κ2) is 7.61. The summed E-state index contributed by atoms with van der Waals surface area (Å²) in [6.07, 6.45) is 0. The minimum Gasteiger partial charge on any atom is -0.497 e. The number of nitrogens with zero attached hydrogens (tertiary/aromatic N) is 1. The van der Waals surface area contributed by atoms with Gasteiger partial charge in [-0.1, -0.05) is 15.9 Å². The van der Waals surface area contributed by atoms with Gasteiger partial charge in [0.2, 0.25) is 0 Å². The maximum absolute atomic E-state index is 12.4. The lowest BCUT2D eigenvalue weighted by molar-refractivity contribution is -0.145. The van der Waals surface area contributed by atoms with Crippen molar-refractivity contribution in [3.8, 4) is 5.75 Å². The van der Waals surface area contributed by atoms with Crippen molar-refractivity contribution in [2.45, 2.75) is 4.73 Å².